The fraction of sp³-hybridized carbons (Fsp3) is 0.520. The number of aldehydes is 1. The summed E-state index contributed by atoms with van der Waals surface area (Å²) in [6.07, 6.45) is 1.93. The average Bonchev–Trinajstić information content (AvgIpc) is 3.17. The topological polar surface area (TPSA) is 48.4 Å². The summed E-state index contributed by atoms with van der Waals surface area (Å²) in [6, 6.07) is 7.11. The van der Waals surface area contributed by atoms with E-state index in [1.54, 1.807) is 6.07 Å². The molecule has 1 aromatic heterocycles. The second-order valence-electron chi connectivity index (χ2n) is 10.6. The molecular formula is C25H33F2NO3Si. The second kappa shape index (κ2) is 8.43. The molecule has 0 aliphatic carbocycles. The number of pyridine rings is 1. The molecule has 1 atom stereocenters. The fourth-order valence-electron chi connectivity index (χ4n) is 3.85. The highest BCUT2D eigenvalue weighted by Gasteiger charge is 2.45. The van der Waals surface area contributed by atoms with Gasteiger partial charge in [-0.15, -0.1) is 0 Å². The minimum atomic E-state index is -2.26. The van der Waals surface area contributed by atoms with E-state index in [4.69, 9.17) is 9.16 Å². The highest BCUT2D eigenvalue weighted by Crippen LogP contribution is 2.44. The van der Waals surface area contributed by atoms with Crippen LogP contribution < -0.4 is 0 Å². The summed E-state index contributed by atoms with van der Waals surface area (Å²) in [7, 11) is -2.26. The molecule has 1 aromatic carbocycles. The summed E-state index contributed by atoms with van der Waals surface area (Å²) in [5, 5.41) is -0.0744. The minimum Gasteiger partial charge on any atom is -0.408 e. The first-order chi connectivity index (χ1) is 14.7. The molecule has 3 rings (SSSR count). The maximum Gasteiger partial charge on any atom is 0.193 e. The van der Waals surface area contributed by atoms with Gasteiger partial charge in [-0.3, -0.25) is 4.79 Å². The Hall–Kier alpha value is -1.96. The maximum absolute atomic E-state index is 16.0. The van der Waals surface area contributed by atoms with Gasteiger partial charge in [0, 0.05) is 17.7 Å². The van der Waals surface area contributed by atoms with Gasteiger partial charge in [0.2, 0.25) is 0 Å². The summed E-state index contributed by atoms with van der Waals surface area (Å²) < 4.78 is 41.9. The third-order valence-electron chi connectivity index (χ3n) is 6.72. The zero-order chi connectivity index (χ0) is 23.9. The number of carbonyl (C=O) groups excluding carboxylic acids is 1. The highest BCUT2D eigenvalue weighted by molar-refractivity contribution is 6.74. The molecule has 32 heavy (non-hydrogen) atoms. The number of carbonyl (C=O) groups is 1. The van der Waals surface area contributed by atoms with Crippen molar-refractivity contribution in [2.45, 2.75) is 76.8 Å². The molecule has 174 valence electrons. The van der Waals surface area contributed by atoms with Gasteiger partial charge in [-0.2, -0.15) is 0 Å². The number of benzene rings is 1. The fourth-order valence-corrected chi connectivity index (χ4v) is 5.54. The van der Waals surface area contributed by atoms with Gasteiger partial charge >= 0.3 is 0 Å². The van der Waals surface area contributed by atoms with E-state index >= 15 is 4.39 Å². The number of aromatic nitrogens is 1. The van der Waals surface area contributed by atoms with Crippen molar-refractivity contribution in [1.82, 2.24) is 4.98 Å². The lowest BCUT2D eigenvalue weighted by atomic mass is 9.90. The van der Waals surface area contributed by atoms with Gasteiger partial charge in [-0.1, -0.05) is 20.8 Å². The molecule has 4 nitrogen and oxygen atoms in total. The van der Waals surface area contributed by atoms with Crippen molar-refractivity contribution < 1.29 is 22.7 Å². The Balaban J connectivity index is 2.23. The molecule has 1 aliphatic heterocycles. The van der Waals surface area contributed by atoms with Crippen molar-refractivity contribution in [3.05, 3.63) is 53.2 Å². The van der Waals surface area contributed by atoms with Gasteiger partial charge in [-0.05, 0) is 75.2 Å². The summed E-state index contributed by atoms with van der Waals surface area (Å²) in [4.78, 5) is 16.6. The number of halogens is 2. The third-order valence-corrected chi connectivity index (χ3v) is 11.3. The molecule has 0 bridgehead atoms. The van der Waals surface area contributed by atoms with Crippen LogP contribution in [0.2, 0.25) is 18.1 Å². The van der Waals surface area contributed by atoms with Crippen molar-refractivity contribution in [2.75, 3.05) is 6.61 Å². The van der Waals surface area contributed by atoms with E-state index in [0.717, 1.165) is 6.29 Å². The zero-order valence-corrected chi connectivity index (χ0v) is 21.0. The van der Waals surface area contributed by atoms with Crippen molar-refractivity contribution >= 4 is 14.6 Å². The molecule has 0 amide bonds. The van der Waals surface area contributed by atoms with E-state index in [-0.39, 0.29) is 10.7 Å². The molecule has 7 heteroatoms. The summed E-state index contributed by atoms with van der Waals surface area (Å²) >= 11 is 0. The van der Waals surface area contributed by atoms with Gasteiger partial charge in [0.1, 0.15) is 11.5 Å². The predicted octanol–water partition coefficient (Wildman–Crippen LogP) is 6.49. The molecule has 0 saturated carbocycles. The Morgan fingerprint density at radius 2 is 1.75 bits per heavy atom. The largest absolute Gasteiger partial charge is 0.408 e. The highest BCUT2D eigenvalue weighted by atomic mass is 28.4. The van der Waals surface area contributed by atoms with Crippen LogP contribution in [0.1, 0.15) is 58.7 Å². The summed E-state index contributed by atoms with van der Waals surface area (Å²) in [6.45, 7) is 14.7. The molecule has 1 aliphatic rings. The quantitative estimate of drug-likeness (QED) is 0.364. The summed E-state index contributed by atoms with van der Waals surface area (Å²) in [5.74, 6) is -0.960. The molecule has 0 spiro atoms. The number of hydrogen-bond donors (Lipinski definition) is 0. The van der Waals surface area contributed by atoms with E-state index in [1.165, 1.54) is 24.3 Å². The lowest BCUT2D eigenvalue weighted by Gasteiger charge is -2.43. The van der Waals surface area contributed by atoms with E-state index in [2.05, 4.69) is 38.8 Å². The van der Waals surface area contributed by atoms with Crippen LogP contribution in [0.4, 0.5) is 8.78 Å². The molecule has 0 radical (unpaired) electrons. The number of ether oxygens (including phenoxy) is 1. The van der Waals surface area contributed by atoms with Gasteiger partial charge in [0.05, 0.1) is 11.3 Å². The molecule has 1 unspecified atom stereocenters. The molecule has 1 fully saturated rings. The zero-order valence-electron chi connectivity index (χ0n) is 20.0. The Morgan fingerprint density at radius 3 is 2.25 bits per heavy atom. The van der Waals surface area contributed by atoms with Crippen LogP contribution in [0, 0.1) is 11.6 Å². The maximum atomic E-state index is 16.0. The first-order valence-electron chi connectivity index (χ1n) is 11.0. The van der Waals surface area contributed by atoms with Crippen LogP contribution in [-0.2, 0) is 25.2 Å². The van der Waals surface area contributed by atoms with Crippen molar-refractivity contribution in [3.8, 4) is 11.3 Å². The third kappa shape index (κ3) is 4.56. The van der Waals surface area contributed by atoms with Crippen LogP contribution in [0.3, 0.4) is 0 Å². The number of rotatable bonds is 6. The van der Waals surface area contributed by atoms with Gasteiger partial charge in [-0.25, -0.2) is 13.8 Å². The molecule has 2 heterocycles. The van der Waals surface area contributed by atoms with Gasteiger partial charge in [0.25, 0.3) is 0 Å². The lowest BCUT2D eigenvalue weighted by molar-refractivity contribution is -0.127. The first kappa shape index (κ1) is 24.7. The Morgan fingerprint density at radius 1 is 1.12 bits per heavy atom. The van der Waals surface area contributed by atoms with Gasteiger partial charge in [0.15, 0.2) is 26.0 Å². The predicted molar refractivity (Wildman–Crippen MR) is 124 cm³/mol. The Bertz CT molecular complexity index is 991. The Kier molecular flexibility index (Phi) is 6.50. The van der Waals surface area contributed by atoms with E-state index in [9.17, 15) is 9.18 Å². The van der Waals surface area contributed by atoms with Crippen molar-refractivity contribution in [1.29, 1.82) is 0 Å². The molecule has 1 saturated heterocycles. The van der Waals surface area contributed by atoms with Crippen LogP contribution in [-0.4, -0.2) is 26.2 Å². The first-order valence-corrected chi connectivity index (χ1v) is 13.9. The normalized spacial score (nSPS) is 19.9. The number of nitrogens with zero attached hydrogens (tertiary/aromatic N) is 1. The molecule has 0 N–H and O–H groups in total. The van der Waals surface area contributed by atoms with Crippen LogP contribution in [0.15, 0.2) is 30.3 Å². The van der Waals surface area contributed by atoms with Crippen LogP contribution >= 0.6 is 0 Å². The monoisotopic (exact) mass is 461 g/mol. The Labute approximate surface area is 190 Å². The lowest BCUT2D eigenvalue weighted by Crippen LogP contribution is -2.46. The van der Waals surface area contributed by atoms with Gasteiger partial charge < -0.3 is 9.16 Å². The van der Waals surface area contributed by atoms with E-state index in [1.807, 2.05) is 13.8 Å². The second-order valence-corrected chi connectivity index (χ2v) is 15.3. The van der Waals surface area contributed by atoms with E-state index < -0.39 is 31.2 Å². The number of hydrogen-bond acceptors (Lipinski definition) is 4. The molecular weight excluding hydrogens is 428 g/mol. The van der Waals surface area contributed by atoms with Crippen molar-refractivity contribution in [2.24, 2.45) is 0 Å². The van der Waals surface area contributed by atoms with Crippen LogP contribution in [0.5, 0.6) is 0 Å². The SMILES string of the molecule is CC(C)(O[Si](C)(C)C(C)(C)C)c1cc(C2(C=O)CCCO2)nc(-c2ccc(F)cc2)c1F. The average molecular weight is 462 g/mol. The van der Waals surface area contributed by atoms with Crippen molar-refractivity contribution in [3.63, 3.8) is 0 Å². The smallest absolute Gasteiger partial charge is 0.193 e. The standard InChI is InChI=1S/C25H33F2NO3Si/c1-23(2,3)32(6,7)31-24(4,5)19-15-20(25(16-29)13-8-14-30-25)28-22(21(19)27)17-9-11-18(26)12-10-17/h9-12,15-16H,8,13-14H2,1-7H3. The molecule has 2 aromatic rings. The minimum absolute atomic E-state index is 0.0566. The van der Waals surface area contributed by atoms with E-state index in [0.29, 0.717) is 36.3 Å². The van der Waals surface area contributed by atoms with Crippen LogP contribution in [0.25, 0.3) is 11.3 Å². The summed E-state index contributed by atoms with van der Waals surface area (Å²) in [5.41, 5.74) is -1.06.